The molecule has 2 amide bonds. The SMILES string of the molecule is O=C(O)C1CCCCCN1C(=O)Nc1ccc(I)cc1. The quantitative estimate of drug-likeness (QED) is 0.765. The van der Waals surface area contributed by atoms with Gasteiger partial charge in [-0.1, -0.05) is 12.8 Å². The van der Waals surface area contributed by atoms with E-state index >= 15 is 0 Å². The van der Waals surface area contributed by atoms with E-state index in [1.165, 1.54) is 4.90 Å². The molecular formula is C14H17IN2O3. The van der Waals surface area contributed by atoms with Crippen LogP contribution in [0.5, 0.6) is 0 Å². The highest BCUT2D eigenvalue weighted by Crippen LogP contribution is 2.19. The molecule has 2 N–H and O–H groups in total. The molecule has 1 aromatic carbocycles. The highest BCUT2D eigenvalue weighted by Gasteiger charge is 2.30. The Labute approximate surface area is 131 Å². The monoisotopic (exact) mass is 388 g/mol. The summed E-state index contributed by atoms with van der Waals surface area (Å²) in [5.41, 5.74) is 0.684. The summed E-state index contributed by atoms with van der Waals surface area (Å²) < 4.78 is 1.08. The topological polar surface area (TPSA) is 69.6 Å². The molecule has 0 saturated carbocycles. The minimum atomic E-state index is -0.926. The maximum Gasteiger partial charge on any atom is 0.326 e. The van der Waals surface area contributed by atoms with Crippen LogP contribution in [-0.4, -0.2) is 34.6 Å². The lowest BCUT2D eigenvalue weighted by molar-refractivity contribution is -0.142. The Hall–Kier alpha value is -1.31. The Morgan fingerprint density at radius 1 is 1.20 bits per heavy atom. The van der Waals surface area contributed by atoms with E-state index in [0.717, 1.165) is 22.8 Å². The van der Waals surface area contributed by atoms with Crippen LogP contribution in [0.3, 0.4) is 0 Å². The minimum Gasteiger partial charge on any atom is -0.480 e. The number of benzene rings is 1. The zero-order valence-electron chi connectivity index (χ0n) is 11.0. The van der Waals surface area contributed by atoms with Gasteiger partial charge >= 0.3 is 12.0 Å². The van der Waals surface area contributed by atoms with Crippen molar-refractivity contribution < 1.29 is 14.7 Å². The molecule has 5 nitrogen and oxygen atoms in total. The average Bonchev–Trinajstić information content (AvgIpc) is 2.67. The van der Waals surface area contributed by atoms with E-state index in [2.05, 4.69) is 27.9 Å². The number of carboxylic acid groups (broad SMARTS) is 1. The van der Waals surface area contributed by atoms with Crippen LogP contribution in [-0.2, 0) is 4.79 Å². The summed E-state index contributed by atoms with van der Waals surface area (Å²) in [6, 6.07) is 6.36. The van der Waals surface area contributed by atoms with Gasteiger partial charge in [-0.3, -0.25) is 0 Å². The van der Waals surface area contributed by atoms with Gasteiger partial charge in [0.2, 0.25) is 0 Å². The molecule has 1 unspecified atom stereocenters. The number of nitrogens with one attached hydrogen (secondary N) is 1. The second-order valence-electron chi connectivity index (χ2n) is 4.83. The molecule has 108 valence electrons. The first-order valence-corrected chi connectivity index (χ1v) is 7.72. The normalized spacial score (nSPS) is 19.2. The van der Waals surface area contributed by atoms with Crippen molar-refractivity contribution in [2.45, 2.75) is 31.7 Å². The number of amides is 2. The summed E-state index contributed by atoms with van der Waals surface area (Å²) in [6.45, 7) is 0.493. The third-order valence-electron chi connectivity index (χ3n) is 3.39. The van der Waals surface area contributed by atoms with Crippen molar-refractivity contribution in [1.82, 2.24) is 4.90 Å². The summed E-state index contributed by atoms with van der Waals surface area (Å²) in [5, 5.41) is 12.0. The van der Waals surface area contributed by atoms with Gasteiger partial charge in [-0.05, 0) is 59.7 Å². The van der Waals surface area contributed by atoms with Gasteiger partial charge in [0.1, 0.15) is 6.04 Å². The Bertz CT molecular complexity index is 490. The Kier molecular flexibility index (Phi) is 5.22. The fraction of sp³-hybridized carbons (Fsp3) is 0.429. The van der Waals surface area contributed by atoms with Gasteiger partial charge in [-0.15, -0.1) is 0 Å². The number of aliphatic carboxylic acids is 1. The van der Waals surface area contributed by atoms with E-state index in [0.29, 0.717) is 18.7 Å². The molecule has 1 fully saturated rings. The van der Waals surface area contributed by atoms with Crippen molar-refractivity contribution in [3.63, 3.8) is 0 Å². The van der Waals surface area contributed by atoms with E-state index in [1.807, 2.05) is 24.3 Å². The second-order valence-corrected chi connectivity index (χ2v) is 6.08. The fourth-order valence-corrected chi connectivity index (χ4v) is 2.70. The number of carbonyl (C=O) groups is 2. The number of halogens is 1. The molecule has 0 aromatic heterocycles. The van der Waals surface area contributed by atoms with Gasteiger partial charge < -0.3 is 15.3 Å². The zero-order chi connectivity index (χ0) is 14.5. The molecule has 6 heteroatoms. The average molecular weight is 388 g/mol. The molecule has 1 atom stereocenters. The molecule has 0 radical (unpaired) electrons. The lowest BCUT2D eigenvalue weighted by atomic mass is 10.1. The number of carbonyl (C=O) groups excluding carboxylic acids is 1. The third-order valence-corrected chi connectivity index (χ3v) is 4.11. The molecule has 20 heavy (non-hydrogen) atoms. The van der Waals surface area contributed by atoms with Crippen LogP contribution in [0, 0.1) is 3.57 Å². The van der Waals surface area contributed by atoms with Crippen LogP contribution >= 0.6 is 22.6 Å². The van der Waals surface area contributed by atoms with Crippen LogP contribution in [0.1, 0.15) is 25.7 Å². The molecular weight excluding hydrogens is 371 g/mol. The van der Waals surface area contributed by atoms with Gasteiger partial charge in [0, 0.05) is 15.8 Å². The van der Waals surface area contributed by atoms with Gasteiger partial charge in [-0.2, -0.15) is 0 Å². The number of rotatable bonds is 2. The van der Waals surface area contributed by atoms with Crippen LogP contribution in [0.25, 0.3) is 0 Å². The standard InChI is InChI=1S/C14H17IN2O3/c15-10-5-7-11(8-6-10)16-14(20)17-9-3-1-2-4-12(17)13(18)19/h5-8,12H,1-4,9H2,(H,16,20)(H,18,19). The van der Waals surface area contributed by atoms with E-state index in [1.54, 1.807) is 0 Å². The van der Waals surface area contributed by atoms with E-state index in [4.69, 9.17) is 0 Å². The van der Waals surface area contributed by atoms with Gasteiger partial charge in [0.05, 0.1) is 0 Å². The Morgan fingerprint density at radius 3 is 2.55 bits per heavy atom. The molecule has 1 aliphatic rings. The van der Waals surface area contributed by atoms with Gasteiger partial charge in [0.15, 0.2) is 0 Å². The van der Waals surface area contributed by atoms with Gasteiger partial charge in [0.25, 0.3) is 0 Å². The van der Waals surface area contributed by atoms with Crippen molar-refractivity contribution in [3.8, 4) is 0 Å². The van der Waals surface area contributed by atoms with Crippen molar-refractivity contribution in [2.75, 3.05) is 11.9 Å². The summed E-state index contributed by atoms with van der Waals surface area (Å²) >= 11 is 2.19. The first-order chi connectivity index (χ1) is 9.58. The van der Waals surface area contributed by atoms with Crippen molar-refractivity contribution in [1.29, 1.82) is 0 Å². The Balaban J connectivity index is 2.08. The van der Waals surface area contributed by atoms with Gasteiger partial charge in [-0.25, -0.2) is 9.59 Å². The molecule has 1 heterocycles. The molecule has 1 aromatic rings. The number of hydrogen-bond acceptors (Lipinski definition) is 2. The van der Waals surface area contributed by atoms with E-state index in [9.17, 15) is 14.7 Å². The number of nitrogens with zero attached hydrogens (tertiary/aromatic N) is 1. The number of urea groups is 1. The number of hydrogen-bond donors (Lipinski definition) is 2. The lowest BCUT2D eigenvalue weighted by Gasteiger charge is -2.27. The number of likely N-dealkylation sites (tertiary alicyclic amines) is 1. The number of carboxylic acids is 1. The fourth-order valence-electron chi connectivity index (χ4n) is 2.34. The van der Waals surface area contributed by atoms with Crippen LogP contribution in [0.4, 0.5) is 10.5 Å². The predicted octanol–water partition coefficient (Wildman–Crippen LogP) is 3.15. The maximum atomic E-state index is 12.3. The van der Waals surface area contributed by atoms with E-state index in [-0.39, 0.29) is 6.03 Å². The van der Waals surface area contributed by atoms with Crippen molar-refractivity contribution in [2.24, 2.45) is 0 Å². The van der Waals surface area contributed by atoms with E-state index < -0.39 is 12.0 Å². The lowest BCUT2D eigenvalue weighted by Crippen LogP contribution is -2.46. The minimum absolute atomic E-state index is 0.333. The van der Waals surface area contributed by atoms with Crippen LogP contribution in [0.15, 0.2) is 24.3 Å². The first-order valence-electron chi connectivity index (χ1n) is 6.64. The predicted molar refractivity (Wildman–Crippen MR) is 84.8 cm³/mol. The first kappa shape index (κ1) is 15.1. The number of anilines is 1. The van der Waals surface area contributed by atoms with Crippen molar-refractivity contribution in [3.05, 3.63) is 27.8 Å². The van der Waals surface area contributed by atoms with Crippen LogP contribution < -0.4 is 5.32 Å². The molecule has 0 spiro atoms. The maximum absolute atomic E-state index is 12.3. The highest BCUT2D eigenvalue weighted by atomic mass is 127. The summed E-state index contributed by atoms with van der Waals surface area (Å²) in [4.78, 5) is 25.0. The molecule has 1 saturated heterocycles. The molecule has 0 bridgehead atoms. The molecule has 0 aliphatic carbocycles. The largest absolute Gasteiger partial charge is 0.480 e. The smallest absolute Gasteiger partial charge is 0.326 e. The third kappa shape index (κ3) is 3.84. The highest BCUT2D eigenvalue weighted by molar-refractivity contribution is 14.1. The summed E-state index contributed by atoms with van der Waals surface area (Å²) in [7, 11) is 0. The molecule has 1 aliphatic heterocycles. The second kappa shape index (κ2) is 6.92. The van der Waals surface area contributed by atoms with Crippen LogP contribution in [0.2, 0.25) is 0 Å². The summed E-state index contributed by atoms with van der Waals surface area (Å²) in [5.74, 6) is -0.926. The van der Waals surface area contributed by atoms with Crippen molar-refractivity contribution >= 4 is 40.3 Å². The zero-order valence-corrected chi connectivity index (χ0v) is 13.2. The summed E-state index contributed by atoms with van der Waals surface area (Å²) in [6.07, 6.45) is 3.20. The Morgan fingerprint density at radius 2 is 1.90 bits per heavy atom. The molecule has 2 rings (SSSR count).